The molecule has 90 valence electrons. The molecular weight excluding hydrogens is 212 g/mol. The van der Waals surface area contributed by atoms with Crippen molar-refractivity contribution < 1.29 is 0 Å². The summed E-state index contributed by atoms with van der Waals surface area (Å²) in [5.41, 5.74) is 8.87. The van der Waals surface area contributed by atoms with Gasteiger partial charge in [-0.15, -0.1) is 0 Å². The Morgan fingerprint density at radius 3 is 2.65 bits per heavy atom. The SMILES string of the molecule is Cc1cc(=O)n(C(C)CN)c2c(C)cccc12. The van der Waals surface area contributed by atoms with Crippen LogP contribution in [-0.4, -0.2) is 11.1 Å². The standard InChI is InChI=1S/C14H18N2O/c1-9-5-4-6-12-10(2)7-13(17)16(14(9)12)11(3)8-15/h4-7,11H,8,15H2,1-3H3. The predicted octanol–water partition coefficient (Wildman–Crippen LogP) is 2.14. The zero-order chi connectivity index (χ0) is 12.6. The van der Waals surface area contributed by atoms with E-state index >= 15 is 0 Å². The lowest BCUT2D eigenvalue weighted by Gasteiger charge is -2.18. The first-order valence-electron chi connectivity index (χ1n) is 5.87. The molecule has 0 fully saturated rings. The summed E-state index contributed by atoms with van der Waals surface area (Å²) in [6.07, 6.45) is 0. The zero-order valence-electron chi connectivity index (χ0n) is 10.5. The van der Waals surface area contributed by atoms with E-state index in [1.807, 2.05) is 32.9 Å². The highest BCUT2D eigenvalue weighted by Gasteiger charge is 2.12. The molecule has 0 aliphatic heterocycles. The lowest BCUT2D eigenvalue weighted by Crippen LogP contribution is -2.28. The fraction of sp³-hybridized carbons (Fsp3) is 0.357. The Kier molecular flexibility index (Phi) is 3.03. The minimum absolute atomic E-state index is 0.0201. The summed E-state index contributed by atoms with van der Waals surface area (Å²) < 4.78 is 1.80. The van der Waals surface area contributed by atoms with Crippen LogP contribution < -0.4 is 11.3 Å². The molecule has 0 aliphatic carbocycles. The molecule has 0 aliphatic rings. The summed E-state index contributed by atoms with van der Waals surface area (Å²) in [6.45, 7) is 6.44. The van der Waals surface area contributed by atoms with Gasteiger partial charge in [-0.05, 0) is 31.9 Å². The van der Waals surface area contributed by atoms with E-state index in [0.29, 0.717) is 6.54 Å². The Bertz CT molecular complexity index is 613. The Hall–Kier alpha value is -1.61. The Labute approximate surface area is 101 Å². The first kappa shape index (κ1) is 11.9. The number of nitrogens with two attached hydrogens (primary N) is 1. The zero-order valence-corrected chi connectivity index (χ0v) is 10.5. The molecule has 0 amide bonds. The number of rotatable bonds is 2. The van der Waals surface area contributed by atoms with Gasteiger partial charge in [0.05, 0.1) is 5.52 Å². The van der Waals surface area contributed by atoms with Gasteiger partial charge in [0.1, 0.15) is 0 Å². The summed E-state index contributed by atoms with van der Waals surface area (Å²) in [5, 5.41) is 1.13. The molecule has 17 heavy (non-hydrogen) atoms. The number of hydrogen-bond acceptors (Lipinski definition) is 2. The van der Waals surface area contributed by atoms with Crippen LogP contribution in [0.2, 0.25) is 0 Å². The third-order valence-corrected chi connectivity index (χ3v) is 3.26. The van der Waals surface area contributed by atoms with Gasteiger partial charge in [0.25, 0.3) is 5.56 Å². The van der Waals surface area contributed by atoms with Gasteiger partial charge in [-0.25, -0.2) is 0 Å². The second-order valence-electron chi connectivity index (χ2n) is 4.59. The monoisotopic (exact) mass is 230 g/mol. The molecule has 1 atom stereocenters. The van der Waals surface area contributed by atoms with Gasteiger partial charge >= 0.3 is 0 Å². The summed E-state index contributed by atoms with van der Waals surface area (Å²) in [7, 11) is 0. The summed E-state index contributed by atoms with van der Waals surface area (Å²) in [4.78, 5) is 12.1. The van der Waals surface area contributed by atoms with Crippen LogP contribution in [0.3, 0.4) is 0 Å². The minimum atomic E-state index is 0.0201. The van der Waals surface area contributed by atoms with Gasteiger partial charge in [-0.3, -0.25) is 4.79 Å². The maximum Gasteiger partial charge on any atom is 0.251 e. The van der Waals surface area contributed by atoms with Crippen molar-refractivity contribution in [2.75, 3.05) is 6.54 Å². The van der Waals surface area contributed by atoms with E-state index < -0.39 is 0 Å². The number of pyridine rings is 1. The van der Waals surface area contributed by atoms with Crippen molar-refractivity contribution in [3.63, 3.8) is 0 Å². The molecule has 3 heteroatoms. The maximum atomic E-state index is 12.1. The molecule has 1 aromatic carbocycles. The molecule has 1 heterocycles. The third kappa shape index (κ3) is 1.87. The van der Waals surface area contributed by atoms with Gasteiger partial charge in [-0.2, -0.15) is 0 Å². The van der Waals surface area contributed by atoms with E-state index in [9.17, 15) is 4.79 Å². The van der Waals surface area contributed by atoms with Crippen LogP contribution in [0, 0.1) is 13.8 Å². The molecule has 2 N–H and O–H groups in total. The van der Waals surface area contributed by atoms with Crippen molar-refractivity contribution in [1.82, 2.24) is 4.57 Å². The molecule has 3 nitrogen and oxygen atoms in total. The normalized spacial score (nSPS) is 12.9. The molecule has 2 rings (SSSR count). The lowest BCUT2D eigenvalue weighted by molar-refractivity contribution is 0.558. The second-order valence-corrected chi connectivity index (χ2v) is 4.59. The average Bonchev–Trinajstić information content (AvgIpc) is 2.30. The molecule has 2 aromatic rings. The van der Waals surface area contributed by atoms with Crippen molar-refractivity contribution in [2.45, 2.75) is 26.8 Å². The Morgan fingerprint density at radius 2 is 2.00 bits per heavy atom. The molecule has 0 radical (unpaired) electrons. The highest BCUT2D eigenvalue weighted by Crippen LogP contribution is 2.22. The Balaban J connectivity index is 2.96. The highest BCUT2D eigenvalue weighted by molar-refractivity contribution is 5.85. The largest absolute Gasteiger partial charge is 0.328 e. The van der Waals surface area contributed by atoms with E-state index in [1.54, 1.807) is 10.6 Å². The molecule has 0 bridgehead atoms. The van der Waals surface area contributed by atoms with Crippen LogP contribution in [0.1, 0.15) is 24.1 Å². The van der Waals surface area contributed by atoms with E-state index in [4.69, 9.17) is 5.73 Å². The number of hydrogen-bond donors (Lipinski definition) is 1. The third-order valence-electron chi connectivity index (χ3n) is 3.26. The van der Waals surface area contributed by atoms with E-state index in [2.05, 4.69) is 6.07 Å². The number of benzene rings is 1. The lowest BCUT2D eigenvalue weighted by atomic mass is 10.1. The number of para-hydroxylation sites is 1. The van der Waals surface area contributed by atoms with Crippen molar-refractivity contribution in [3.8, 4) is 0 Å². The Morgan fingerprint density at radius 1 is 1.29 bits per heavy atom. The van der Waals surface area contributed by atoms with Crippen LogP contribution in [0.5, 0.6) is 0 Å². The fourth-order valence-electron chi connectivity index (χ4n) is 2.28. The van der Waals surface area contributed by atoms with Gasteiger partial charge < -0.3 is 10.3 Å². The van der Waals surface area contributed by atoms with Crippen LogP contribution in [-0.2, 0) is 0 Å². The smallest absolute Gasteiger partial charge is 0.251 e. The molecule has 1 aromatic heterocycles. The topological polar surface area (TPSA) is 48.0 Å². The van der Waals surface area contributed by atoms with Gasteiger partial charge in [0, 0.05) is 24.0 Å². The van der Waals surface area contributed by atoms with Crippen molar-refractivity contribution >= 4 is 10.9 Å². The maximum absolute atomic E-state index is 12.1. The second kappa shape index (κ2) is 4.34. The van der Waals surface area contributed by atoms with Crippen molar-refractivity contribution in [2.24, 2.45) is 5.73 Å². The number of nitrogens with zero attached hydrogens (tertiary/aromatic N) is 1. The first-order valence-corrected chi connectivity index (χ1v) is 5.87. The molecule has 0 spiro atoms. The molecule has 0 saturated heterocycles. The average molecular weight is 230 g/mol. The van der Waals surface area contributed by atoms with Crippen molar-refractivity contribution in [1.29, 1.82) is 0 Å². The molecule has 1 unspecified atom stereocenters. The fourth-order valence-corrected chi connectivity index (χ4v) is 2.28. The summed E-state index contributed by atoms with van der Waals surface area (Å²) in [6, 6.07) is 7.81. The van der Waals surface area contributed by atoms with E-state index in [-0.39, 0.29) is 11.6 Å². The minimum Gasteiger partial charge on any atom is -0.328 e. The molecule has 0 saturated carbocycles. The van der Waals surface area contributed by atoms with Crippen LogP contribution >= 0.6 is 0 Å². The van der Waals surface area contributed by atoms with Crippen LogP contribution in [0.15, 0.2) is 29.1 Å². The first-order chi connectivity index (χ1) is 8.06. The molecular formula is C14H18N2O. The van der Waals surface area contributed by atoms with Gasteiger partial charge in [0.15, 0.2) is 0 Å². The van der Waals surface area contributed by atoms with Crippen molar-refractivity contribution in [3.05, 3.63) is 45.7 Å². The van der Waals surface area contributed by atoms with E-state index in [0.717, 1.165) is 22.0 Å². The number of fused-ring (bicyclic) bond motifs is 1. The number of aromatic nitrogens is 1. The number of aryl methyl sites for hydroxylation is 2. The van der Waals surface area contributed by atoms with E-state index in [1.165, 1.54) is 0 Å². The summed E-state index contributed by atoms with van der Waals surface area (Å²) >= 11 is 0. The quantitative estimate of drug-likeness (QED) is 0.859. The van der Waals surface area contributed by atoms with Gasteiger partial charge in [-0.1, -0.05) is 18.2 Å². The predicted molar refractivity (Wildman–Crippen MR) is 71.4 cm³/mol. The van der Waals surface area contributed by atoms with Crippen LogP contribution in [0.4, 0.5) is 0 Å². The van der Waals surface area contributed by atoms with Crippen LogP contribution in [0.25, 0.3) is 10.9 Å². The summed E-state index contributed by atoms with van der Waals surface area (Å²) in [5.74, 6) is 0. The highest BCUT2D eigenvalue weighted by atomic mass is 16.1. The van der Waals surface area contributed by atoms with Gasteiger partial charge in [0.2, 0.25) is 0 Å².